The average Bonchev–Trinajstić information content (AvgIpc) is 2.08. The lowest BCUT2D eigenvalue weighted by molar-refractivity contribution is -0.430. The van der Waals surface area contributed by atoms with Gasteiger partial charge in [-0.05, 0) is 6.07 Å². The van der Waals surface area contributed by atoms with E-state index in [-0.39, 0.29) is 6.42 Å². The Hall–Kier alpha value is -0.770. The van der Waals surface area contributed by atoms with Crippen LogP contribution in [0.15, 0.2) is 18.2 Å². The standard InChI is InChI=1S/C9H9Cl2NO2/c10-6-3-1-2-5(9(6)11)7(12)4-8(13)14/h1-3,7H,4,12H2,(H,13,14)/t7-/m0/s1. The van der Waals surface area contributed by atoms with E-state index in [1.54, 1.807) is 18.2 Å². The molecule has 1 aromatic carbocycles. The van der Waals surface area contributed by atoms with Gasteiger partial charge in [-0.15, -0.1) is 0 Å². The Labute approximate surface area is 91.4 Å². The molecule has 1 atom stereocenters. The second kappa shape index (κ2) is 4.64. The molecular weight excluding hydrogens is 225 g/mol. The van der Waals surface area contributed by atoms with Crippen molar-refractivity contribution in [2.75, 3.05) is 0 Å². The third kappa shape index (κ3) is 2.61. The van der Waals surface area contributed by atoms with E-state index < -0.39 is 12.0 Å². The Bertz CT molecular complexity index is 355. The third-order valence-corrected chi connectivity index (χ3v) is 2.67. The summed E-state index contributed by atoms with van der Waals surface area (Å²) in [5.41, 5.74) is 4.31. The SMILES string of the molecule is [NH3+][C@@H](CC(=O)[O-])c1cccc(Cl)c1Cl. The van der Waals surface area contributed by atoms with Gasteiger partial charge in [0.25, 0.3) is 0 Å². The first-order valence-electron chi connectivity index (χ1n) is 3.99. The van der Waals surface area contributed by atoms with Gasteiger partial charge in [-0.2, -0.15) is 0 Å². The molecule has 0 bridgehead atoms. The van der Waals surface area contributed by atoms with Crippen molar-refractivity contribution in [2.24, 2.45) is 0 Å². The number of rotatable bonds is 3. The number of aliphatic carboxylic acids is 1. The van der Waals surface area contributed by atoms with Gasteiger partial charge in [0.05, 0.1) is 10.0 Å². The smallest absolute Gasteiger partial charge is 0.117 e. The number of carboxylic acids is 1. The molecule has 3 N–H and O–H groups in total. The fraction of sp³-hybridized carbons (Fsp3) is 0.222. The molecule has 76 valence electrons. The number of benzene rings is 1. The highest BCUT2D eigenvalue weighted by atomic mass is 35.5. The predicted molar refractivity (Wildman–Crippen MR) is 51.7 cm³/mol. The minimum absolute atomic E-state index is 0.167. The summed E-state index contributed by atoms with van der Waals surface area (Å²) in [6.07, 6.45) is -0.167. The molecular formula is C9H9Cl2NO2. The molecule has 0 radical (unpaired) electrons. The minimum atomic E-state index is -1.15. The zero-order valence-electron chi connectivity index (χ0n) is 7.30. The maximum absolute atomic E-state index is 10.4. The van der Waals surface area contributed by atoms with E-state index in [4.69, 9.17) is 23.2 Å². The summed E-state index contributed by atoms with van der Waals surface area (Å²) < 4.78 is 0. The Morgan fingerprint density at radius 2 is 2.14 bits per heavy atom. The van der Waals surface area contributed by atoms with Crippen LogP contribution >= 0.6 is 23.2 Å². The molecule has 0 aromatic heterocycles. The van der Waals surface area contributed by atoms with E-state index >= 15 is 0 Å². The Kier molecular flexibility index (Phi) is 3.75. The number of halogens is 2. The van der Waals surface area contributed by atoms with Crippen LogP contribution in [0.1, 0.15) is 18.0 Å². The normalized spacial score (nSPS) is 12.5. The molecule has 0 spiro atoms. The first-order valence-corrected chi connectivity index (χ1v) is 4.74. The molecule has 0 aliphatic carbocycles. The lowest BCUT2D eigenvalue weighted by Crippen LogP contribution is -2.55. The minimum Gasteiger partial charge on any atom is -0.550 e. The van der Waals surface area contributed by atoms with Gasteiger partial charge in [-0.1, -0.05) is 35.3 Å². The van der Waals surface area contributed by atoms with Gasteiger partial charge in [-0.3, -0.25) is 0 Å². The maximum atomic E-state index is 10.4. The highest BCUT2D eigenvalue weighted by molar-refractivity contribution is 6.42. The lowest BCUT2D eigenvalue weighted by atomic mass is 10.1. The monoisotopic (exact) mass is 233 g/mol. The molecule has 1 aromatic rings. The summed E-state index contributed by atoms with van der Waals surface area (Å²) in [7, 11) is 0. The van der Waals surface area contributed by atoms with Crippen LogP contribution in [0.4, 0.5) is 0 Å². The van der Waals surface area contributed by atoms with Gasteiger partial charge in [0, 0.05) is 18.0 Å². The van der Waals surface area contributed by atoms with Crippen LogP contribution in [0.5, 0.6) is 0 Å². The summed E-state index contributed by atoms with van der Waals surface area (Å²) in [4.78, 5) is 10.4. The van der Waals surface area contributed by atoms with E-state index in [1.807, 2.05) is 0 Å². The molecule has 5 heteroatoms. The molecule has 1 rings (SSSR count). The van der Waals surface area contributed by atoms with Crippen molar-refractivity contribution >= 4 is 29.2 Å². The van der Waals surface area contributed by atoms with Crippen LogP contribution in [0, 0.1) is 0 Å². The number of carboxylic acid groups (broad SMARTS) is 1. The van der Waals surface area contributed by atoms with Crippen LogP contribution in [0.25, 0.3) is 0 Å². The zero-order chi connectivity index (χ0) is 10.7. The summed E-state index contributed by atoms with van der Waals surface area (Å²) in [6.45, 7) is 0. The van der Waals surface area contributed by atoms with E-state index in [1.165, 1.54) is 0 Å². The highest BCUT2D eigenvalue weighted by Gasteiger charge is 2.15. The number of hydrogen-bond acceptors (Lipinski definition) is 2. The van der Waals surface area contributed by atoms with E-state index in [0.29, 0.717) is 15.6 Å². The highest BCUT2D eigenvalue weighted by Crippen LogP contribution is 2.29. The van der Waals surface area contributed by atoms with Crippen LogP contribution in [-0.2, 0) is 4.79 Å². The molecule has 0 unspecified atom stereocenters. The van der Waals surface area contributed by atoms with Gasteiger partial charge in [-0.25, -0.2) is 0 Å². The van der Waals surface area contributed by atoms with Crippen LogP contribution in [0.3, 0.4) is 0 Å². The predicted octanol–water partition coefficient (Wildman–Crippen LogP) is 0.416. The van der Waals surface area contributed by atoms with Crippen LogP contribution < -0.4 is 10.8 Å². The molecule has 0 saturated heterocycles. The fourth-order valence-corrected chi connectivity index (χ4v) is 1.61. The van der Waals surface area contributed by atoms with E-state index in [2.05, 4.69) is 5.73 Å². The quantitative estimate of drug-likeness (QED) is 0.823. The topological polar surface area (TPSA) is 67.8 Å². The number of quaternary nitrogens is 1. The zero-order valence-corrected chi connectivity index (χ0v) is 8.81. The summed E-state index contributed by atoms with van der Waals surface area (Å²) in [6, 6.07) is 4.61. The van der Waals surface area contributed by atoms with Crippen molar-refractivity contribution < 1.29 is 15.6 Å². The maximum Gasteiger partial charge on any atom is 0.117 e. The fourth-order valence-electron chi connectivity index (χ4n) is 1.15. The largest absolute Gasteiger partial charge is 0.550 e. The Balaban J connectivity index is 2.95. The van der Waals surface area contributed by atoms with Crippen LogP contribution in [0.2, 0.25) is 10.0 Å². The molecule has 0 aliphatic heterocycles. The number of carbonyl (C=O) groups is 1. The molecule has 0 amide bonds. The van der Waals surface area contributed by atoms with Gasteiger partial charge in [0.15, 0.2) is 0 Å². The van der Waals surface area contributed by atoms with Crippen LogP contribution in [-0.4, -0.2) is 5.97 Å². The molecule has 14 heavy (non-hydrogen) atoms. The van der Waals surface area contributed by atoms with Gasteiger partial charge in [0.2, 0.25) is 0 Å². The summed E-state index contributed by atoms with van der Waals surface area (Å²) >= 11 is 11.7. The Morgan fingerprint density at radius 1 is 1.50 bits per heavy atom. The first-order chi connectivity index (χ1) is 6.52. The second-order valence-corrected chi connectivity index (χ2v) is 3.70. The van der Waals surface area contributed by atoms with E-state index in [9.17, 15) is 9.90 Å². The van der Waals surface area contributed by atoms with Crippen molar-refractivity contribution in [3.8, 4) is 0 Å². The molecule has 0 aliphatic rings. The van der Waals surface area contributed by atoms with Crippen molar-refractivity contribution in [3.63, 3.8) is 0 Å². The Morgan fingerprint density at radius 3 is 2.71 bits per heavy atom. The molecule has 0 fully saturated rings. The van der Waals surface area contributed by atoms with Crippen molar-refractivity contribution in [1.29, 1.82) is 0 Å². The van der Waals surface area contributed by atoms with Crippen molar-refractivity contribution in [2.45, 2.75) is 12.5 Å². The summed E-state index contributed by atoms with van der Waals surface area (Å²) in [5, 5.41) is 11.1. The van der Waals surface area contributed by atoms with Gasteiger partial charge in [0.1, 0.15) is 6.04 Å². The van der Waals surface area contributed by atoms with Gasteiger partial charge >= 0.3 is 0 Å². The lowest BCUT2D eigenvalue weighted by Gasteiger charge is -2.11. The van der Waals surface area contributed by atoms with Gasteiger partial charge < -0.3 is 15.6 Å². The summed E-state index contributed by atoms with van der Waals surface area (Å²) in [5.74, 6) is -1.15. The van der Waals surface area contributed by atoms with Crippen molar-refractivity contribution in [3.05, 3.63) is 33.8 Å². The third-order valence-electron chi connectivity index (χ3n) is 1.83. The molecule has 3 nitrogen and oxygen atoms in total. The first kappa shape index (κ1) is 11.3. The average molecular weight is 234 g/mol. The number of carbonyl (C=O) groups excluding carboxylic acids is 1. The van der Waals surface area contributed by atoms with E-state index in [0.717, 1.165) is 0 Å². The second-order valence-electron chi connectivity index (χ2n) is 2.92. The van der Waals surface area contributed by atoms with Crippen molar-refractivity contribution in [1.82, 2.24) is 0 Å². The molecule has 0 heterocycles. The molecule has 0 saturated carbocycles. The number of hydrogen-bond donors (Lipinski definition) is 1.